The number of allylic oxidation sites excluding steroid dienone is 5. The van der Waals surface area contributed by atoms with E-state index in [1.807, 2.05) is 6.08 Å². The van der Waals surface area contributed by atoms with Crippen LogP contribution in [0.4, 0.5) is 0 Å². The summed E-state index contributed by atoms with van der Waals surface area (Å²) in [6, 6.07) is 91.0. The zero-order chi connectivity index (χ0) is 81.2. The van der Waals surface area contributed by atoms with Gasteiger partial charge in [-0.3, -0.25) is 0 Å². The van der Waals surface area contributed by atoms with Crippen LogP contribution in [0, 0.1) is 5.41 Å². The van der Waals surface area contributed by atoms with E-state index in [0.717, 1.165) is 111 Å². The second kappa shape index (κ2) is 30.3. The Morgan fingerprint density at radius 2 is 0.409 bits per heavy atom. The fraction of sp³-hybridized carbons (Fsp3) is 0.291. The molecule has 0 bridgehead atoms. The Morgan fingerprint density at radius 3 is 0.609 bits per heavy atom. The Morgan fingerprint density at radius 1 is 0.227 bits per heavy atom. The molecule has 0 unspecified atom stereocenters. The van der Waals surface area contributed by atoms with E-state index < -0.39 is 0 Å². The highest BCUT2D eigenvalue weighted by atomic mass is 14.4. The minimum Gasteiger partial charge on any atom is -0.0991 e. The summed E-state index contributed by atoms with van der Waals surface area (Å²) in [5.74, 6) is 0. The van der Waals surface area contributed by atoms with Gasteiger partial charge in [-0.2, -0.15) is 0 Å². The first-order chi connectivity index (χ1) is 52.5. The summed E-state index contributed by atoms with van der Waals surface area (Å²) in [4.78, 5) is 0. The van der Waals surface area contributed by atoms with Gasteiger partial charge in [0.05, 0.1) is 2.74 Å². The van der Waals surface area contributed by atoms with Crippen molar-refractivity contribution in [3.05, 3.63) is 330 Å². The fourth-order valence-corrected chi connectivity index (χ4v) is 16.8. The van der Waals surface area contributed by atoms with Gasteiger partial charge in [0.2, 0.25) is 0 Å². The molecule has 12 rings (SSSR count). The summed E-state index contributed by atoms with van der Waals surface area (Å²) >= 11 is 0. The van der Waals surface area contributed by atoms with E-state index in [1.165, 1.54) is 38.9 Å². The maximum absolute atomic E-state index is 13.2. The molecule has 0 aliphatic carbocycles. The van der Waals surface area contributed by atoms with E-state index in [9.17, 15) is 2.74 Å². The molecule has 0 heterocycles. The van der Waals surface area contributed by atoms with Gasteiger partial charge in [0.25, 0.3) is 0 Å². The molecule has 0 aromatic heterocycles. The maximum Gasteiger partial charge on any atom is 0.0636 e. The van der Waals surface area contributed by atoms with Crippen LogP contribution < -0.4 is 0 Å². The first-order valence-corrected chi connectivity index (χ1v) is 40.0. The molecule has 0 saturated carbocycles. The molecule has 12 aromatic carbocycles. The van der Waals surface area contributed by atoms with Crippen LogP contribution in [0.25, 0.3) is 128 Å². The van der Waals surface area contributed by atoms with Crippen LogP contribution in [0.3, 0.4) is 0 Å². The van der Waals surface area contributed by atoms with Crippen molar-refractivity contribution in [3.63, 3.8) is 0 Å². The van der Waals surface area contributed by atoms with Crippen LogP contribution in [0.15, 0.2) is 286 Å². The van der Waals surface area contributed by atoms with Crippen molar-refractivity contribution in [1.29, 1.82) is 0 Å². The Labute approximate surface area is 666 Å². The third kappa shape index (κ3) is 16.2. The molecule has 560 valence electrons. The summed E-state index contributed by atoms with van der Waals surface area (Å²) in [5.41, 5.74) is 28.1. The summed E-state index contributed by atoms with van der Waals surface area (Å²) in [7, 11) is 0. The average molecular weight is 1440 g/mol. The fourth-order valence-electron chi connectivity index (χ4n) is 16.8. The van der Waals surface area contributed by atoms with Crippen molar-refractivity contribution in [2.45, 2.75) is 204 Å². The molecular formula is C110H120. The van der Waals surface area contributed by atoms with Crippen molar-refractivity contribution >= 4 is 5.57 Å². The highest BCUT2D eigenvalue weighted by Crippen LogP contribution is 2.59. The van der Waals surface area contributed by atoms with Gasteiger partial charge in [-0.05, 0) is 228 Å². The van der Waals surface area contributed by atoms with Crippen molar-refractivity contribution in [2.75, 3.05) is 0 Å². The quantitative estimate of drug-likeness (QED) is 0.0952. The van der Waals surface area contributed by atoms with E-state index >= 15 is 0 Å². The average Bonchev–Trinajstić information content (AvgIpc) is 0.697. The van der Waals surface area contributed by atoms with Gasteiger partial charge in [0.15, 0.2) is 0 Å². The monoisotopic (exact) mass is 1440 g/mol. The lowest BCUT2D eigenvalue weighted by molar-refractivity contribution is 0.546. The minimum absolute atomic E-state index is 0.309. The van der Waals surface area contributed by atoms with Crippen molar-refractivity contribution in [2.24, 2.45) is 5.41 Å². The SMILES string of the molecule is [2H]c1c(-c2c(C(=CC(C)(C)C)/C=C\C=C)cccc2-c2ccccc2C(C)(C)C)c(-c2c(-c3ccccc3C(C)(C)C)cccc2-c2ccccc2C(C)(C)C)c([2H])c(-c2c(-c3ccccc3C(C)(C)C)cccc2-c2ccccc2C(C)(C)C)c1-c1c(-c2ccccc2C(C)(C)C)cccc1-c1ccccc1C(C)(C)C. The molecule has 0 fully saturated rings. The van der Waals surface area contributed by atoms with Crippen molar-refractivity contribution in [3.8, 4) is 122 Å². The zero-order valence-corrected chi connectivity index (χ0v) is 70.6. The van der Waals surface area contributed by atoms with Crippen LogP contribution in [-0.4, -0.2) is 0 Å². The molecule has 0 nitrogen and oxygen atoms in total. The van der Waals surface area contributed by atoms with Crippen LogP contribution in [0.5, 0.6) is 0 Å². The van der Waals surface area contributed by atoms with Crippen molar-refractivity contribution < 1.29 is 2.74 Å². The molecule has 0 amide bonds. The van der Waals surface area contributed by atoms with Crippen LogP contribution in [-0.2, 0) is 37.9 Å². The highest BCUT2D eigenvalue weighted by molar-refractivity contribution is 6.13. The second-order valence-corrected chi connectivity index (χ2v) is 38.8. The Bertz CT molecular complexity index is 5390. The molecule has 12 aromatic rings. The minimum atomic E-state index is -0.340. The van der Waals surface area contributed by atoms with E-state index in [1.54, 1.807) is 0 Å². The third-order valence-electron chi connectivity index (χ3n) is 21.7. The molecule has 0 atom stereocenters. The summed E-state index contributed by atoms with van der Waals surface area (Å²) in [5, 5.41) is 0. The topological polar surface area (TPSA) is 0 Å². The molecule has 0 saturated heterocycles. The Balaban J connectivity index is 1.56. The lowest BCUT2D eigenvalue weighted by atomic mass is 9.71. The number of rotatable bonds is 14. The number of hydrogen-bond acceptors (Lipinski definition) is 0. The number of benzene rings is 12. The summed E-state index contributed by atoms with van der Waals surface area (Å²) in [6.07, 6.45) is 8.56. The molecule has 0 heteroatoms. The zero-order valence-electron chi connectivity index (χ0n) is 72.6. The Hall–Kier alpha value is -10.1. The van der Waals surface area contributed by atoms with E-state index in [-0.39, 0.29) is 43.3 Å². The molecule has 0 aliphatic heterocycles. The van der Waals surface area contributed by atoms with E-state index in [4.69, 9.17) is 0 Å². The molecular weight excluding hydrogens is 1320 g/mol. The van der Waals surface area contributed by atoms with Gasteiger partial charge in [-0.15, -0.1) is 0 Å². The smallest absolute Gasteiger partial charge is 0.0636 e. The first kappa shape index (κ1) is 76.6. The van der Waals surface area contributed by atoms with Crippen LogP contribution in [0.1, 0.15) is 213 Å². The van der Waals surface area contributed by atoms with Gasteiger partial charge in [-0.1, -0.05) is 440 Å². The lowest BCUT2D eigenvalue weighted by Gasteiger charge is -2.32. The molecule has 110 heavy (non-hydrogen) atoms. The molecule has 0 N–H and O–H groups in total. The highest BCUT2D eigenvalue weighted by Gasteiger charge is 2.36. The predicted octanol–water partition coefficient (Wildman–Crippen LogP) is 32.3. The van der Waals surface area contributed by atoms with E-state index in [2.05, 4.69) is 434 Å². The van der Waals surface area contributed by atoms with E-state index in [0.29, 0.717) is 34.3 Å². The lowest BCUT2D eigenvalue weighted by Crippen LogP contribution is -2.14. The standard InChI is InChI=1S/C110H120/c1-26-27-46-72(71-103(2,3)4)73-54-42-55-81(74-47-28-35-62-92(74)104(5,6)7)99(73)88-69-90(101-84(77-50-31-38-65-95(77)107(14,15)16)58-44-59-85(101)78-51-32-39-66-96(78)108(17,18)19)91(102-86(79-52-33-40-67-97(79)109(20,21)22)60-45-61-87(102)80-53-34-41-68-98(80)110(23,24)25)70-89(88)100-82(75-48-29-36-63-93(75)105(8,9)10)56-43-57-83(100)76-49-30-37-64-94(76)106(11,12)13/h26-71H,1H2,2-25H3/b46-27-,72-71?/i69D,70D. The van der Waals surface area contributed by atoms with Gasteiger partial charge < -0.3 is 0 Å². The molecule has 0 aliphatic rings. The second-order valence-electron chi connectivity index (χ2n) is 38.8. The van der Waals surface area contributed by atoms with Gasteiger partial charge in [-0.25, -0.2) is 0 Å². The normalized spacial score (nSPS) is 13.2. The van der Waals surface area contributed by atoms with Crippen LogP contribution >= 0.6 is 0 Å². The van der Waals surface area contributed by atoms with Gasteiger partial charge >= 0.3 is 0 Å². The predicted molar refractivity (Wildman–Crippen MR) is 484 cm³/mol. The van der Waals surface area contributed by atoms with Crippen molar-refractivity contribution in [1.82, 2.24) is 0 Å². The largest absolute Gasteiger partial charge is 0.0991 e. The third-order valence-corrected chi connectivity index (χ3v) is 21.7. The molecule has 0 spiro atoms. The van der Waals surface area contributed by atoms with Gasteiger partial charge in [0.1, 0.15) is 0 Å². The maximum atomic E-state index is 13.2. The molecule has 0 radical (unpaired) electrons. The number of hydrogen-bond donors (Lipinski definition) is 0. The van der Waals surface area contributed by atoms with Gasteiger partial charge in [0, 0.05) is 0 Å². The first-order valence-electron chi connectivity index (χ1n) is 41.0. The Kier molecular flexibility index (Phi) is 21.1. The summed E-state index contributed by atoms with van der Waals surface area (Å²) < 4.78 is 26.4. The summed E-state index contributed by atoms with van der Waals surface area (Å²) in [6.45, 7) is 59.9. The van der Waals surface area contributed by atoms with Crippen LogP contribution in [0.2, 0.25) is 0 Å².